The van der Waals surface area contributed by atoms with E-state index in [1.54, 1.807) is 0 Å². The summed E-state index contributed by atoms with van der Waals surface area (Å²) >= 11 is 0. The van der Waals surface area contributed by atoms with Crippen LogP contribution in [0.3, 0.4) is 0 Å². The Morgan fingerprint density at radius 2 is 2.33 bits per heavy atom. The van der Waals surface area contributed by atoms with Crippen LogP contribution in [0.15, 0.2) is 24.8 Å². The van der Waals surface area contributed by atoms with E-state index in [-0.39, 0.29) is 17.3 Å². The normalized spacial score (nSPS) is 9.33. The molecule has 1 heterocycles. The first-order chi connectivity index (χ1) is 7.04. The van der Waals surface area contributed by atoms with E-state index < -0.39 is 10.8 Å². The second kappa shape index (κ2) is 4.18. The summed E-state index contributed by atoms with van der Waals surface area (Å²) in [5.41, 5.74) is 5.01. The van der Waals surface area contributed by atoms with Crippen molar-refractivity contribution in [2.24, 2.45) is 0 Å². The minimum atomic E-state index is -0.651. The van der Waals surface area contributed by atoms with Crippen molar-refractivity contribution in [1.29, 1.82) is 0 Å². The van der Waals surface area contributed by atoms with E-state index in [0.717, 1.165) is 6.08 Å². The summed E-state index contributed by atoms with van der Waals surface area (Å²) in [6.45, 7) is 3.25. The number of nitrogens with one attached hydrogen (secondary N) is 1. The molecule has 0 aliphatic heterocycles. The Balaban J connectivity index is 2.96. The van der Waals surface area contributed by atoms with Crippen LogP contribution in [0.5, 0.6) is 0 Å². The summed E-state index contributed by atoms with van der Waals surface area (Å²) in [4.78, 5) is 24.2. The van der Waals surface area contributed by atoms with Crippen LogP contribution in [-0.2, 0) is 4.79 Å². The molecule has 0 aliphatic carbocycles. The SMILES string of the molecule is C=CC(=O)Nc1ccc([N+](=O)[O-])c(N)n1. The monoisotopic (exact) mass is 208 g/mol. The van der Waals surface area contributed by atoms with Gasteiger partial charge in [-0.3, -0.25) is 14.9 Å². The maximum absolute atomic E-state index is 10.9. The van der Waals surface area contributed by atoms with Crippen molar-refractivity contribution in [3.63, 3.8) is 0 Å². The number of nitrogen functional groups attached to an aromatic ring is 1. The zero-order valence-corrected chi connectivity index (χ0v) is 7.64. The molecule has 0 saturated carbocycles. The van der Waals surface area contributed by atoms with Crippen LogP contribution in [0.1, 0.15) is 0 Å². The van der Waals surface area contributed by atoms with Crippen LogP contribution >= 0.6 is 0 Å². The molecule has 0 spiro atoms. The number of hydrogen-bond donors (Lipinski definition) is 2. The van der Waals surface area contributed by atoms with Crippen molar-refractivity contribution in [1.82, 2.24) is 4.98 Å². The van der Waals surface area contributed by atoms with Gasteiger partial charge in [0.25, 0.3) is 0 Å². The maximum Gasteiger partial charge on any atom is 0.311 e. The van der Waals surface area contributed by atoms with Gasteiger partial charge in [0.1, 0.15) is 5.82 Å². The number of nitrogens with two attached hydrogens (primary N) is 1. The van der Waals surface area contributed by atoms with E-state index in [1.807, 2.05) is 0 Å². The van der Waals surface area contributed by atoms with Gasteiger partial charge in [0, 0.05) is 6.07 Å². The molecule has 1 rings (SSSR count). The molecular weight excluding hydrogens is 200 g/mol. The van der Waals surface area contributed by atoms with Gasteiger partial charge in [0.2, 0.25) is 11.7 Å². The van der Waals surface area contributed by atoms with E-state index in [9.17, 15) is 14.9 Å². The second-order valence-corrected chi connectivity index (χ2v) is 2.55. The molecule has 0 saturated heterocycles. The third-order valence-electron chi connectivity index (χ3n) is 1.54. The van der Waals surface area contributed by atoms with Crippen molar-refractivity contribution < 1.29 is 9.72 Å². The first kappa shape index (κ1) is 10.6. The molecule has 7 heteroatoms. The molecular formula is C8H8N4O3. The highest BCUT2D eigenvalue weighted by molar-refractivity contribution is 5.98. The summed E-state index contributed by atoms with van der Waals surface area (Å²) in [6.07, 6.45) is 1.05. The van der Waals surface area contributed by atoms with Crippen LogP contribution < -0.4 is 11.1 Å². The molecule has 3 N–H and O–H groups in total. The Kier molecular flexibility index (Phi) is 2.97. The van der Waals surface area contributed by atoms with E-state index in [0.29, 0.717) is 0 Å². The number of nitro groups is 1. The fourth-order valence-electron chi connectivity index (χ4n) is 0.869. The summed E-state index contributed by atoms with van der Waals surface area (Å²) < 4.78 is 0. The lowest BCUT2D eigenvalue weighted by atomic mass is 10.4. The largest absolute Gasteiger partial charge is 0.378 e. The minimum Gasteiger partial charge on any atom is -0.378 e. The Bertz CT molecular complexity index is 430. The molecule has 7 nitrogen and oxygen atoms in total. The lowest BCUT2D eigenvalue weighted by molar-refractivity contribution is -0.384. The Morgan fingerprint density at radius 1 is 1.67 bits per heavy atom. The highest BCUT2D eigenvalue weighted by atomic mass is 16.6. The van der Waals surface area contributed by atoms with Crippen molar-refractivity contribution in [2.45, 2.75) is 0 Å². The van der Waals surface area contributed by atoms with Crippen LogP contribution in [0.2, 0.25) is 0 Å². The molecule has 0 unspecified atom stereocenters. The molecule has 1 amide bonds. The number of nitrogens with zero attached hydrogens (tertiary/aromatic N) is 2. The van der Waals surface area contributed by atoms with Crippen LogP contribution in [0.4, 0.5) is 17.3 Å². The average molecular weight is 208 g/mol. The highest BCUT2D eigenvalue weighted by Crippen LogP contribution is 2.20. The molecule has 0 fully saturated rings. The number of anilines is 2. The number of hydrogen-bond acceptors (Lipinski definition) is 5. The molecule has 0 bridgehead atoms. The van der Waals surface area contributed by atoms with E-state index >= 15 is 0 Å². The van der Waals surface area contributed by atoms with Crippen molar-refractivity contribution in [3.05, 3.63) is 34.9 Å². The van der Waals surface area contributed by atoms with Gasteiger partial charge in [-0.25, -0.2) is 4.98 Å². The van der Waals surface area contributed by atoms with Gasteiger partial charge < -0.3 is 11.1 Å². The van der Waals surface area contributed by atoms with Crippen LogP contribution in [0, 0.1) is 10.1 Å². The van der Waals surface area contributed by atoms with Gasteiger partial charge in [-0.05, 0) is 12.1 Å². The maximum atomic E-state index is 10.9. The number of carbonyl (C=O) groups excluding carboxylic acids is 1. The molecule has 0 aromatic carbocycles. The standard InChI is InChI=1S/C8H8N4O3/c1-2-7(13)10-6-4-3-5(12(14)15)8(9)11-6/h2-4H,1H2,(H3,9,10,11,13). The Labute approximate surface area is 84.8 Å². The van der Waals surface area contributed by atoms with E-state index in [4.69, 9.17) is 5.73 Å². The predicted octanol–water partition coefficient (Wildman–Crippen LogP) is 0.696. The number of aromatic nitrogens is 1. The van der Waals surface area contributed by atoms with Gasteiger partial charge in [-0.15, -0.1) is 0 Å². The predicted molar refractivity (Wildman–Crippen MR) is 54.1 cm³/mol. The smallest absolute Gasteiger partial charge is 0.311 e. The molecule has 0 radical (unpaired) electrons. The topological polar surface area (TPSA) is 111 Å². The van der Waals surface area contributed by atoms with E-state index in [1.165, 1.54) is 12.1 Å². The van der Waals surface area contributed by atoms with Crippen LogP contribution in [-0.4, -0.2) is 15.8 Å². The highest BCUT2D eigenvalue weighted by Gasteiger charge is 2.12. The zero-order valence-electron chi connectivity index (χ0n) is 7.64. The molecule has 1 aromatic heterocycles. The molecule has 15 heavy (non-hydrogen) atoms. The third-order valence-corrected chi connectivity index (χ3v) is 1.54. The summed E-state index contributed by atoms with van der Waals surface area (Å²) in [5, 5.41) is 12.7. The van der Waals surface area contributed by atoms with Gasteiger partial charge in [0.15, 0.2) is 0 Å². The number of rotatable bonds is 3. The van der Waals surface area contributed by atoms with Gasteiger partial charge in [-0.2, -0.15) is 0 Å². The zero-order chi connectivity index (χ0) is 11.4. The Hall–Kier alpha value is -2.44. The Morgan fingerprint density at radius 3 is 2.80 bits per heavy atom. The summed E-state index contributed by atoms with van der Waals surface area (Å²) in [6, 6.07) is 2.46. The van der Waals surface area contributed by atoms with Crippen molar-refractivity contribution >= 4 is 23.2 Å². The first-order valence-electron chi connectivity index (χ1n) is 3.89. The molecule has 1 aromatic rings. The fourth-order valence-corrected chi connectivity index (χ4v) is 0.869. The quantitative estimate of drug-likeness (QED) is 0.431. The number of carbonyl (C=O) groups is 1. The number of amides is 1. The fraction of sp³-hybridized carbons (Fsp3) is 0. The minimum absolute atomic E-state index is 0.142. The van der Waals surface area contributed by atoms with E-state index in [2.05, 4.69) is 16.9 Å². The van der Waals surface area contributed by atoms with Gasteiger partial charge in [-0.1, -0.05) is 6.58 Å². The summed E-state index contributed by atoms with van der Waals surface area (Å²) in [7, 11) is 0. The third kappa shape index (κ3) is 2.50. The molecule has 0 atom stereocenters. The second-order valence-electron chi connectivity index (χ2n) is 2.55. The lowest BCUT2D eigenvalue weighted by Gasteiger charge is -2.01. The summed E-state index contributed by atoms with van der Waals surface area (Å²) in [5.74, 6) is -0.569. The van der Waals surface area contributed by atoms with Crippen molar-refractivity contribution in [2.75, 3.05) is 11.1 Å². The average Bonchev–Trinajstić information content (AvgIpc) is 2.17. The first-order valence-corrected chi connectivity index (χ1v) is 3.89. The van der Waals surface area contributed by atoms with Gasteiger partial charge in [0.05, 0.1) is 4.92 Å². The van der Waals surface area contributed by atoms with Crippen LogP contribution in [0.25, 0.3) is 0 Å². The molecule has 0 aliphatic rings. The lowest BCUT2D eigenvalue weighted by Crippen LogP contribution is -2.10. The number of pyridine rings is 1. The van der Waals surface area contributed by atoms with Gasteiger partial charge >= 0.3 is 5.69 Å². The molecule has 78 valence electrons. The van der Waals surface area contributed by atoms with Crippen molar-refractivity contribution in [3.8, 4) is 0 Å².